The average Bonchev–Trinajstić information content (AvgIpc) is 2.82. The molecule has 0 radical (unpaired) electrons. The van der Waals surface area contributed by atoms with Gasteiger partial charge >= 0.3 is 0 Å². The van der Waals surface area contributed by atoms with Crippen LogP contribution in [0.15, 0.2) is 40.8 Å². The van der Waals surface area contributed by atoms with Gasteiger partial charge in [-0.2, -0.15) is 0 Å². The smallest absolute Gasteiger partial charge is 0.257 e. The van der Waals surface area contributed by atoms with Crippen molar-refractivity contribution in [1.82, 2.24) is 4.90 Å². The standard InChI is InChI=1S/C18H21NO4/c1-13-9-16(17(23-13)15-5-3-2-4-6-15)18(21)19-7-8-22-12-14(10-19)11-20/h2-6,9,14,20H,7-8,10-12H2,1H3/t14-/m1/s1. The van der Waals surface area contributed by atoms with E-state index < -0.39 is 0 Å². The van der Waals surface area contributed by atoms with E-state index in [0.717, 1.165) is 5.56 Å². The molecule has 1 aromatic carbocycles. The number of rotatable bonds is 3. The highest BCUT2D eigenvalue weighted by atomic mass is 16.5. The molecule has 0 bridgehead atoms. The molecule has 1 aliphatic heterocycles. The minimum absolute atomic E-state index is 0.0136. The van der Waals surface area contributed by atoms with E-state index in [9.17, 15) is 9.90 Å². The first kappa shape index (κ1) is 15.8. The molecule has 1 aliphatic rings. The van der Waals surface area contributed by atoms with E-state index in [0.29, 0.717) is 43.4 Å². The Morgan fingerprint density at radius 2 is 2.13 bits per heavy atom. The second-order valence-corrected chi connectivity index (χ2v) is 5.84. The summed E-state index contributed by atoms with van der Waals surface area (Å²) in [7, 11) is 0. The second-order valence-electron chi connectivity index (χ2n) is 5.84. The third kappa shape index (κ3) is 3.46. The molecule has 1 saturated heterocycles. The number of furan rings is 1. The number of carbonyl (C=O) groups excluding carboxylic acids is 1. The first-order valence-electron chi connectivity index (χ1n) is 7.82. The van der Waals surface area contributed by atoms with Crippen LogP contribution in [0.5, 0.6) is 0 Å². The van der Waals surface area contributed by atoms with Crippen molar-refractivity contribution in [3.63, 3.8) is 0 Å². The van der Waals surface area contributed by atoms with E-state index in [-0.39, 0.29) is 18.4 Å². The highest BCUT2D eigenvalue weighted by Gasteiger charge is 2.26. The fourth-order valence-electron chi connectivity index (χ4n) is 2.82. The Kier molecular flexibility index (Phi) is 4.79. The Bertz CT molecular complexity index is 665. The van der Waals surface area contributed by atoms with Crippen molar-refractivity contribution in [2.45, 2.75) is 6.92 Å². The molecule has 2 aromatic rings. The molecule has 3 rings (SSSR count). The molecule has 0 spiro atoms. The lowest BCUT2D eigenvalue weighted by molar-refractivity contribution is 0.0728. The van der Waals surface area contributed by atoms with Crippen molar-refractivity contribution >= 4 is 5.91 Å². The van der Waals surface area contributed by atoms with Crippen molar-refractivity contribution in [2.75, 3.05) is 32.9 Å². The van der Waals surface area contributed by atoms with Gasteiger partial charge in [0.2, 0.25) is 0 Å². The van der Waals surface area contributed by atoms with Crippen molar-refractivity contribution in [1.29, 1.82) is 0 Å². The van der Waals surface area contributed by atoms with Crippen LogP contribution < -0.4 is 0 Å². The van der Waals surface area contributed by atoms with Gasteiger partial charge < -0.3 is 19.2 Å². The molecular weight excluding hydrogens is 294 g/mol. The molecule has 0 aliphatic carbocycles. The van der Waals surface area contributed by atoms with Crippen LogP contribution in [0.1, 0.15) is 16.1 Å². The van der Waals surface area contributed by atoms with Gasteiger partial charge in [-0.25, -0.2) is 0 Å². The zero-order chi connectivity index (χ0) is 16.2. The number of hydrogen-bond acceptors (Lipinski definition) is 4. The summed E-state index contributed by atoms with van der Waals surface area (Å²) >= 11 is 0. The molecule has 5 nitrogen and oxygen atoms in total. The lowest BCUT2D eigenvalue weighted by Crippen LogP contribution is -2.36. The van der Waals surface area contributed by atoms with Crippen LogP contribution in [0.4, 0.5) is 0 Å². The van der Waals surface area contributed by atoms with Crippen LogP contribution in [0.25, 0.3) is 11.3 Å². The quantitative estimate of drug-likeness (QED) is 0.944. The highest BCUT2D eigenvalue weighted by molar-refractivity contribution is 5.99. The average molecular weight is 315 g/mol. The Hall–Kier alpha value is -2.11. The molecule has 23 heavy (non-hydrogen) atoms. The topological polar surface area (TPSA) is 62.9 Å². The molecule has 1 amide bonds. The normalized spacial score (nSPS) is 18.7. The summed E-state index contributed by atoms with van der Waals surface area (Å²) in [6.07, 6.45) is 0. The van der Waals surface area contributed by atoms with Crippen LogP contribution >= 0.6 is 0 Å². The van der Waals surface area contributed by atoms with Gasteiger partial charge in [0.15, 0.2) is 0 Å². The zero-order valence-electron chi connectivity index (χ0n) is 13.2. The summed E-state index contributed by atoms with van der Waals surface area (Å²) in [5.41, 5.74) is 1.45. The first-order valence-corrected chi connectivity index (χ1v) is 7.82. The van der Waals surface area contributed by atoms with E-state index in [2.05, 4.69) is 0 Å². The number of aliphatic hydroxyl groups excluding tert-OH is 1. The first-order chi connectivity index (χ1) is 11.2. The fraction of sp³-hybridized carbons (Fsp3) is 0.389. The van der Waals surface area contributed by atoms with Crippen LogP contribution in [0, 0.1) is 12.8 Å². The summed E-state index contributed by atoms with van der Waals surface area (Å²) in [6.45, 7) is 3.84. The van der Waals surface area contributed by atoms with Gasteiger partial charge in [-0.3, -0.25) is 4.79 Å². The largest absolute Gasteiger partial charge is 0.461 e. The predicted molar refractivity (Wildman–Crippen MR) is 86.2 cm³/mol. The summed E-state index contributed by atoms with van der Waals surface area (Å²) in [4.78, 5) is 14.7. The van der Waals surface area contributed by atoms with Gasteiger partial charge in [0.1, 0.15) is 11.5 Å². The summed E-state index contributed by atoms with van der Waals surface area (Å²) in [5.74, 6) is 1.18. The number of hydrogen-bond donors (Lipinski definition) is 1. The number of ether oxygens (including phenoxy) is 1. The molecule has 0 saturated carbocycles. The second kappa shape index (κ2) is 6.98. The lowest BCUT2D eigenvalue weighted by Gasteiger charge is -2.22. The summed E-state index contributed by atoms with van der Waals surface area (Å²) in [5, 5.41) is 9.39. The molecule has 1 aromatic heterocycles. The van der Waals surface area contributed by atoms with Gasteiger partial charge in [-0.05, 0) is 13.0 Å². The van der Waals surface area contributed by atoms with Crippen molar-refractivity contribution < 1.29 is 19.1 Å². The molecular formula is C18H21NO4. The van der Waals surface area contributed by atoms with E-state index in [1.165, 1.54) is 0 Å². The van der Waals surface area contributed by atoms with E-state index >= 15 is 0 Å². The fourth-order valence-corrected chi connectivity index (χ4v) is 2.82. The Morgan fingerprint density at radius 1 is 1.35 bits per heavy atom. The SMILES string of the molecule is Cc1cc(C(=O)N2CCOC[C@@H](CO)C2)c(-c2ccccc2)o1. The van der Waals surface area contributed by atoms with Gasteiger partial charge in [0.05, 0.1) is 18.8 Å². The molecule has 5 heteroatoms. The number of carbonyl (C=O) groups is 1. The van der Waals surface area contributed by atoms with Crippen molar-refractivity contribution in [3.8, 4) is 11.3 Å². The van der Waals surface area contributed by atoms with Crippen LogP contribution in [0.3, 0.4) is 0 Å². The predicted octanol–water partition coefficient (Wildman–Crippen LogP) is 2.34. The monoisotopic (exact) mass is 315 g/mol. The number of benzene rings is 1. The number of aliphatic hydroxyl groups is 1. The minimum Gasteiger partial charge on any atom is -0.461 e. The number of aryl methyl sites for hydroxylation is 1. The molecule has 2 heterocycles. The number of amides is 1. The van der Waals surface area contributed by atoms with E-state index in [4.69, 9.17) is 9.15 Å². The minimum atomic E-state index is -0.0790. The Labute approximate surface area is 135 Å². The van der Waals surface area contributed by atoms with Crippen molar-refractivity contribution in [2.24, 2.45) is 5.92 Å². The van der Waals surface area contributed by atoms with Crippen LogP contribution in [-0.4, -0.2) is 48.8 Å². The maximum Gasteiger partial charge on any atom is 0.257 e. The molecule has 0 unspecified atom stereocenters. The van der Waals surface area contributed by atoms with Crippen LogP contribution in [0.2, 0.25) is 0 Å². The maximum absolute atomic E-state index is 13.0. The third-order valence-corrected chi connectivity index (χ3v) is 4.00. The van der Waals surface area contributed by atoms with Crippen molar-refractivity contribution in [3.05, 3.63) is 47.7 Å². The van der Waals surface area contributed by atoms with E-state index in [1.807, 2.05) is 37.3 Å². The van der Waals surface area contributed by atoms with Gasteiger partial charge in [0.25, 0.3) is 5.91 Å². The summed E-state index contributed by atoms with van der Waals surface area (Å²) < 4.78 is 11.2. The van der Waals surface area contributed by atoms with Crippen LogP contribution in [-0.2, 0) is 4.74 Å². The Morgan fingerprint density at radius 3 is 2.87 bits per heavy atom. The zero-order valence-corrected chi connectivity index (χ0v) is 13.2. The number of nitrogens with zero attached hydrogens (tertiary/aromatic N) is 1. The lowest BCUT2D eigenvalue weighted by atomic mass is 10.1. The van der Waals surface area contributed by atoms with Gasteiger partial charge in [-0.15, -0.1) is 0 Å². The third-order valence-electron chi connectivity index (χ3n) is 4.00. The molecule has 122 valence electrons. The van der Waals surface area contributed by atoms with Gasteiger partial charge in [0, 0.05) is 31.2 Å². The molecule has 1 fully saturated rings. The highest BCUT2D eigenvalue weighted by Crippen LogP contribution is 2.28. The molecule has 1 atom stereocenters. The Balaban J connectivity index is 1.90. The summed E-state index contributed by atoms with van der Waals surface area (Å²) in [6, 6.07) is 11.4. The maximum atomic E-state index is 13.0. The van der Waals surface area contributed by atoms with Gasteiger partial charge in [-0.1, -0.05) is 30.3 Å². The van der Waals surface area contributed by atoms with E-state index in [1.54, 1.807) is 11.0 Å². The molecule has 1 N–H and O–H groups in total.